The van der Waals surface area contributed by atoms with Crippen LogP contribution in [0.5, 0.6) is 0 Å². The normalized spacial score (nSPS) is 12.8. The van der Waals surface area contributed by atoms with Gasteiger partial charge in [0, 0.05) is 12.3 Å². The Balaban J connectivity index is 2.20. The van der Waals surface area contributed by atoms with Crippen molar-refractivity contribution in [2.45, 2.75) is 5.16 Å². The van der Waals surface area contributed by atoms with E-state index in [1.807, 2.05) is 49.3 Å². The summed E-state index contributed by atoms with van der Waals surface area (Å²) in [6.07, 6.45) is 0. The topological polar surface area (TPSA) is 63.9 Å². The fourth-order valence-electron chi connectivity index (χ4n) is 1.41. The number of nitrogens with zero attached hydrogens (tertiary/aromatic N) is 5. The van der Waals surface area contributed by atoms with E-state index in [9.17, 15) is 4.21 Å². The van der Waals surface area contributed by atoms with Crippen molar-refractivity contribution in [1.29, 1.82) is 0 Å². The largest absolute Gasteiger partial charge is 0.308 e. The van der Waals surface area contributed by atoms with Crippen molar-refractivity contribution in [2.75, 3.05) is 26.4 Å². The molecule has 0 N–H and O–H groups in total. The lowest BCUT2D eigenvalue weighted by atomic mass is 10.3. The first-order valence-corrected chi connectivity index (χ1v) is 6.87. The predicted octanol–water partition coefficient (Wildman–Crippen LogP) is 0.331. The molecule has 18 heavy (non-hydrogen) atoms. The molecule has 1 aromatic heterocycles. The number of hydrogen-bond acceptors (Lipinski definition) is 5. The quantitative estimate of drug-likeness (QED) is 0.779. The molecule has 1 atom stereocenters. The second-order valence-electron chi connectivity index (χ2n) is 4.06. The van der Waals surface area contributed by atoms with Crippen molar-refractivity contribution in [2.24, 2.45) is 0 Å². The van der Waals surface area contributed by atoms with Crippen molar-refractivity contribution in [1.82, 2.24) is 25.1 Å². The zero-order chi connectivity index (χ0) is 13.0. The van der Waals surface area contributed by atoms with Crippen LogP contribution in [0.1, 0.15) is 0 Å². The first-order valence-electron chi connectivity index (χ1n) is 5.55. The van der Waals surface area contributed by atoms with E-state index in [-0.39, 0.29) is 0 Å². The maximum Gasteiger partial charge on any atom is 0.244 e. The molecule has 0 saturated heterocycles. The smallest absolute Gasteiger partial charge is 0.244 e. The van der Waals surface area contributed by atoms with Crippen LogP contribution in [0.3, 0.4) is 0 Å². The highest BCUT2D eigenvalue weighted by molar-refractivity contribution is 7.84. The standard InChI is InChI=1S/C11H15N5OS/c1-15(2)8-9-18(17)11-12-13-14-16(11)10-6-4-3-5-7-10/h3-7H,8-9H2,1-2H3. The maximum atomic E-state index is 12.1. The van der Waals surface area contributed by atoms with Crippen LogP contribution in [-0.2, 0) is 10.8 Å². The van der Waals surface area contributed by atoms with Gasteiger partial charge in [0.15, 0.2) is 0 Å². The SMILES string of the molecule is CN(C)CCS(=O)c1nnnn1-c1ccccc1. The predicted molar refractivity (Wildman–Crippen MR) is 69.0 cm³/mol. The Morgan fingerprint density at radius 1 is 1.28 bits per heavy atom. The van der Waals surface area contributed by atoms with Gasteiger partial charge in [-0.3, -0.25) is 4.21 Å². The number of benzene rings is 1. The molecule has 0 fully saturated rings. The van der Waals surface area contributed by atoms with Crippen LogP contribution in [0.15, 0.2) is 35.5 Å². The molecular formula is C11H15N5OS. The summed E-state index contributed by atoms with van der Waals surface area (Å²) in [5.74, 6) is 0.514. The fourth-order valence-corrected chi connectivity index (χ4v) is 2.58. The minimum Gasteiger partial charge on any atom is -0.308 e. The van der Waals surface area contributed by atoms with Gasteiger partial charge < -0.3 is 4.90 Å². The fraction of sp³-hybridized carbons (Fsp3) is 0.364. The molecule has 0 amide bonds. The molecule has 1 heterocycles. The van der Waals surface area contributed by atoms with Gasteiger partial charge >= 0.3 is 0 Å². The van der Waals surface area contributed by atoms with E-state index < -0.39 is 10.8 Å². The number of aromatic nitrogens is 4. The zero-order valence-electron chi connectivity index (χ0n) is 10.4. The molecule has 1 aromatic carbocycles. The number of para-hydroxylation sites is 1. The summed E-state index contributed by atoms with van der Waals surface area (Å²) in [5.41, 5.74) is 0.815. The average molecular weight is 265 g/mol. The highest BCUT2D eigenvalue weighted by atomic mass is 32.2. The van der Waals surface area contributed by atoms with Crippen molar-refractivity contribution in [3.05, 3.63) is 30.3 Å². The molecule has 6 nitrogen and oxygen atoms in total. The van der Waals surface area contributed by atoms with Crippen molar-refractivity contribution in [3.63, 3.8) is 0 Å². The summed E-state index contributed by atoms with van der Waals surface area (Å²) in [7, 11) is 2.68. The monoisotopic (exact) mass is 265 g/mol. The first-order chi connectivity index (χ1) is 8.68. The van der Waals surface area contributed by atoms with Gasteiger partial charge in [-0.05, 0) is 36.7 Å². The summed E-state index contributed by atoms with van der Waals surface area (Å²) in [6, 6.07) is 9.45. The third-order valence-electron chi connectivity index (χ3n) is 2.37. The van der Waals surface area contributed by atoms with Crippen LogP contribution < -0.4 is 0 Å². The van der Waals surface area contributed by atoms with Gasteiger partial charge in [-0.25, -0.2) is 0 Å². The average Bonchev–Trinajstić information content (AvgIpc) is 2.86. The van der Waals surface area contributed by atoms with E-state index in [0.717, 1.165) is 12.2 Å². The van der Waals surface area contributed by atoms with Crippen molar-refractivity contribution >= 4 is 10.8 Å². The maximum absolute atomic E-state index is 12.1. The Morgan fingerprint density at radius 3 is 2.67 bits per heavy atom. The van der Waals surface area contributed by atoms with Crippen LogP contribution in [0.25, 0.3) is 5.69 Å². The van der Waals surface area contributed by atoms with E-state index in [1.54, 1.807) is 0 Å². The molecule has 0 aliphatic heterocycles. The third-order valence-corrected chi connectivity index (χ3v) is 3.58. The molecule has 0 radical (unpaired) electrons. The molecule has 0 aliphatic rings. The van der Waals surface area contributed by atoms with Gasteiger partial charge in [-0.2, -0.15) is 4.68 Å². The van der Waals surface area contributed by atoms with Gasteiger partial charge in [-0.15, -0.1) is 0 Å². The lowest BCUT2D eigenvalue weighted by Gasteiger charge is -2.08. The second-order valence-corrected chi connectivity index (χ2v) is 5.53. The molecule has 0 aliphatic carbocycles. The van der Waals surface area contributed by atoms with E-state index >= 15 is 0 Å². The Hall–Kier alpha value is -1.60. The van der Waals surface area contributed by atoms with Crippen LogP contribution in [0.2, 0.25) is 0 Å². The minimum atomic E-state index is -1.20. The Kier molecular flexibility index (Phi) is 4.16. The lowest BCUT2D eigenvalue weighted by molar-refractivity contribution is 0.435. The summed E-state index contributed by atoms with van der Waals surface area (Å²) in [5, 5.41) is 11.7. The highest BCUT2D eigenvalue weighted by Gasteiger charge is 2.15. The van der Waals surface area contributed by atoms with Gasteiger partial charge in [0.25, 0.3) is 0 Å². The van der Waals surface area contributed by atoms with E-state index in [1.165, 1.54) is 4.68 Å². The van der Waals surface area contributed by atoms with Gasteiger partial charge in [0.05, 0.1) is 16.5 Å². The summed E-state index contributed by atoms with van der Waals surface area (Å²) < 4.78 is 13.6. The molecule has 2 aromatic rings. The van der Waals surface area contributed by atoms with Crippen LogP contribution in [0, 0.1) is 0 Å². The molecule has 0 saturated carbocycles. The van der Waals surface area contributed by atoms with Crippen molar-refractivity contribution < 1.29 is 4.21 Å². The summed E-state index contributed by atoms with van der Waals surface area (Å²) in [6.45, 7) is 0.730. The van der Waals surface area contributed by atoms with Crippen LogP contribution in [-0.4, -0.2) is 55.7 Å². The van der Waals surface area contributed by atoms with E-state index in [0.29, 0.717) is 10.9 Å². The van der Waals surface area contributed by atoms with Crippen LogP contribution >= 0.6 is 0 Å². The van der Waals surface area contributed by atoms with Gasteiger partial charge in [-0.1, -0.05) is 23.3 Å². The summed E-state index contributed by atoms with van der Waals surface area (Å²) in [4.78, 5) is 1.98. The van der Waals surface area contributed by atoms with E-state index in [4.69, 9.17) is 0 Å². The van der Waals surface area contributed by atoms with E-state index in [2.05, 4.69) is 15.5 Å². The number of tetrazole rings is 1. The second kappa shape index (κ2) is 5.83. The van der Waals surface area contributed by atoms with Crippen LogP contribution in [0.4, 0.5) is 0 Å². The Bertz CT molecular complexity index is 525. The molecule has 96 valence electrons. The minimum absolute atomic E-state index is 0.392. The van der Waals surface area contributed by atoms with Gasteiger partial charge in [0.2, 0.25) is 5.16 Å². The van der Waals surface area contributed by atoms with Crippen molar-refractivity contribution in [3.8, 4) is 5.69 Å². The summed E-state index contributed by atoms with van der Waals surface area (Å²) >= 11 is 0. The molecule has 2 rings (SSSR count). The lowest BCUT2D eigenvalue weighted by Crippen LogP contribution is -2.20. The first kappa shape index (κ1) is 12.8. The molecule has 0 spiro atoms. The molecule has 7 heteroatoms. The zero-order valence-corrected chi connectivity index (χ0v) is 11.2. The molecular weight excluding hydrogens is 250 g/mol. The third kappa shape index (κ3) is 2.99. The number of hydrogen-bond donors (Lipinski definition) is 0. The highest BCUT2D eigenvalue weighted by Crippen LogP contribution is 2.10. The van der Waals surface area contributed by atoms with Gasteiger partial charge in [0.1, 0.15) is 0 Å². The number of rotatable bonds is 5. The molecule has 0 bridgehead atoms. The Labute approximate surface area is 108 Å². The molecule has 1 unspecified atom stereocenters. The Morgan fingerprint density at radius 2 is 2.00 bits per heavy atom.